The molecule has 1 amide bonds. The van der Waals surface area contributed by atoms with Crippen molar-refractivity contribution in [1.29, 1.82) is 0 Å². The molecule has 0 aromatic carbocycles. The van der Waals surface area contributed by atoms with Crippen molar-refractivity contribution < 1.29 is 14.7 Å². The molecular weight excluding hydrogens is 246 g/mol. The van der Waals surface area contributed by atoms with E-state index in [1.54, 1.807) is 7.05 Å². The third kappa shape index (κ3) is 3.13. The van der Waals surface area contributed by atoms with E-state index in [0.717, 1.165) is 25.7 Å². The van der Waals surface area contributed by atoms with Crippen LogP contribution in [-0.4, -0.2) is 32.8 Å². The molecule has 6 heteroatoms. The molecule has 0 aliphatic heterocycles. The highest BCUT2D eigenvalue weighted by molar-refractivity contribution is 6.03. The van der Waals surface area contributed by atoms with Crippen molar-refractivity contribution in [2.45, 2.75) is 38.6 Å². The van der Waals surface area contributed by atoms with Gasteiger partial charge in [0.2, 0.25) is 0 Å². The van der Waals surface area contributed by atoms with Crippen molar-refractivity contribution in [3.05, 3.63) is 17.5 Å². The molecule has 6 nitrogen and oxygen atoms in total. The van der Waals surface area contributed by atoms with Gasteiger partial charge in [-0.15, -0.1) is 0 Å². The summed E-state index contributed by atoms with van der Waals surface area (Å²) in [5.41, 5.74) is -0.0576. The Morgan fingerprint density at radius 1 is 1.37 bits per heavy atom. The molecule has 1 aliphatic carbocycles. The number of aromatic carboxylic acids is 1. The molecule has 1 fully saturated rings. The van der Waals surface area contributed by atoms with Gasteiger partial charge < -0.3 is 10.4 Å². The van der Waals surface area contributed by atoms with Gasteiger partial charge in [-0.05, 0) is 31.6 Å². The zero-order valence-corrected chi connectivity index (χ0v) is 11.2. The Balaban J connectivity index is 2.06. The summed E-state index contributed by atoms with van der Waals surface area (Å²) in [6.45, 7) is 2.21. The lowest BCUT2D eigenvalue weighted by molar-refractivity contribution is 0.0683. The molecular formula is C13H19N3O3. The maximum absolute atomic E-state index is 12.1. The van der Waals surface area contributed by atoms with Crippen molar-refractivity contribution in [1.82, 2.24) is 15.1 Å². The summed E-state index contributed by atoms with van der Waals surface area (Å²) in [5, 5.41) is 15.7. The topological polar surface area (TPSA) is 84.2 Å². The number of amides is 1. The number of carbonyl (C=O) groups is 2. The number of hydrogen-bond donors (Lipinski definition) is 2. The van der Waals surface area contributed by atoms with Gasteiger partial charge in [0.25, 0.3) is 5.91 Å². The van der Waals surface area contributed by atoms with E-state index in [-0.39, 0.29) is 23.2 Å². The summed E-state index contributed by atoms with van der Waals surface area (Å²) in [6.07, 6.45) is 5.56. The van der Waals surface area contributed by atoms with Gasteiger partial charge in [-0.2, -0.15) is 5.10 Å². The highest BCUT2D eigenvalue weighted by Gasteiger charge is 2.24. The summed E-state index contributed by atoms with van der Waals surface area (Å²) < 4.78 is 1.35. The zero-order chi connectivity index (χ0) is 14.0. The smallest absolute Gasteiger partial charge is 0.357 e. The quantitative estimate of drug-likeness (QED) is 0.865. The summed E-state index contributed by atoms with van der Waals surface area (Å²) in [5.74, 6) is -0.811. The number of hydrogen-bond acceptors (Lipinski definition) is 3. The predicted molar refractivity (Wildman–Crippen MR) is 69.1 cm³/mol. The Morgan fingerprint density at radius 3 is 2.58 bits per heavy atom. The van der Waals surface area contributed by atoms with E-state index in [1.165, 1.54) is 10.9 Å². The number of carbonyl (C=O) groups excluding carboxylic acids is 1. The second-order valence-corrected chi connectivity index (χ2v) is 5.30. The van der Waals surface area contributed by atoms with Gasteiger partial charge in [-0.3, -0.25) is 9.48 Å². The number of carboxylic acid groups (broad SMARTS) is 1. The maximum Gasteiger partial charge on any atom is 0.357 e. The van der Waals surface area contributed by atoms with Gasteiger partial charge in [0.05, 0.1) is 5.56 Å². The van der Waals surface area contributed by atoms with Crippen LogP contribution in [0.25, 0.3) is 0 Å². The summed E-state index contributed by atoms with van der Waals surface area (Å²) in [7, 11) is 1.60. The first-order valence-corrected chi connectivity index (χ1v) is 6.55. The number of aromatic nitrogens is 2. The van der Waals surface area contributed by atoms with Gasteiger partial charge in [0.15, 0.2) is 5.69 Å². The molecule has 0 saturated heterocycles. The molecule has 1 saturated carbocycles. The van der Waals surface area contributed by atoms with Crippen LogP contribution >= 0.6 is 0 Å². The molecule has 0 spiro atoms. The lowest BCUT2D eigenvalue weighted by Crippen LogP contribution is -2.37. The third-order valence-corrected chi connectivity index (χ3v) is 3.63. The molecule has 2 rings (SSSR count). The first-order valence-electron chi connectivity index (χ1n) is 6.55. The minimum Gasteiger partial charge on any atom is -0.476 e. The van der Waals surface area contributed by atoms with Gasteiger partial charge in [0, 0.05) is 19.3 Å². The third-order valence-electron chi connectivity index (χ3n) is 3.63. The minimum atomic E-state index is -1.18. The second-order valence-electron chi connectivity index (χ2n) is 5.30. The van der Waals surface area contributed by atoms with E-state index in [1.807, 2.05) is 0 Å². The average molecular weight is 265 g/mol. The number of carboxylic acids is 1. The van der Waals surface area contributed by atoms with E-state index >= 15 is 0 Å². The lowest BCUT2D eigenvalue weighted by atomic mass is 9.87. The van der Waals surface area contributed by atoms with Crippen LogP contribution in [0.1, 0.15) is 53.5 Å². The highest BCUT2D eigenvalue weighted by Crippen LogP contribution is 2.23. The number of nitrogens with zero attached hydrogens (tertiary/aromatic N) is 2. The molecule has 1 aliphatic rings. The van der Waals surface area contributed by atoms with E-state index < -0.39 is 5.97 Å². The molecule has 104 valence electrons. The van der Waals surface area contributed by atoms with Crippen molar-refractivity contribution in [2.24, 2.45) is 13.0 Å². The highest BCUT2D eigenvalue weighted by atomic mass is 16.4. The Kier molecular flexibility index (Phi) is 3.87. The van der Waals surface area contributed by atoms with Gasteiger partial charge in [-0.1, -0.05) is 6.92 Å². The largest absolute Gasteiger partial charge is 0.476 e. The van der Waals surface area contributed by atoms with Crippen LogP contribution in [-0.2, 0) is 7.05 Å². The Labute approximate surface area is 111 Å². The van der Waals surface area contributed by atoms with E-state index in [9.17, 15) is 9.59 Å². The monoisotopic (exact) mass is 265 g/mol. The molecule has 19 heavy (non-hydrogen) atoms. The van der Waals surface area contributed by atoms with Crippen LogP contribution in [0, 0.1) is 5.92 Å². The van der Waals surface area contributed by atoms with Gasteiger partial charge >= 0.3 is 5.97 Å². The minimum absolute atomic E-state index is 0.133. The molecule has 1 aromatic heterocycles. The van der Waals surface area contributed by atoms with Crippen molar-refractivity contribution in [2.75, 3.05) is 0 Å². The van der Waals surface area contributed by atoms with Crippen LogP contribution in [0.5, 0.6) is 0 Å². The predicted octanol–water partition coefficient (Wildman–Crippen LogP) is 1.43. The van der Waals surface area contributed by atoms with Crippen LogP contribution < -0.4 is 5.32 Å². The molecule has 1 heterocycles. The number of rotatable bonds is 3. The fourth-order valence-corrected chi connectivity index (χ4v) is 2.48. The molecule has 0 bridgehead atoms. The van der Waals surface area contributed by atoms with Crippen LogP contribution in [0.15, 0.2) is 6.20 Å². The maximum atomic E-state index is 12.1. The standard InChI is InChI=1S/C13H19N3O3/c1-8-3-5-9(6-4-8)14-12(17)10-7-16(2)15-11(10)13(18)19/h7-9H,3-6H2,1-2H3,(H,14,17)(H,18,19). The van der Waals surface area contributed by atoms with Crippen molar-refractivity contribution >= 4 is 11.9 Å². The fraction of sp³-hybridized carbons (Fsp3) is 0.615. The zero-order valence-electron chi connectivity index (χ0n) is 11.2. The Hall–Kier alpha value is -1.85. The molecule has 2 N–H and O–H groups in total. The SMILES string of the molecule is CC1CCC(NC(=O)c2cn(C)nc2C(=O)O)CC1. The molecule has 1 aromatic rings. The first-order chi connectivity index (χ1) is 8.97. The first kappa shape index (κ1) is 13.6. The normalized spacial score (nSPS) is 23.1. The number of nitrogens with one attached hydrogen (secondary N) is 1. The Bertz CT molecular complexity index is 487. The molecule has 0 radical (unpaired) electrons. The second kappa shape index (κ2) is 5.42. The van der Waals surface area contributed by atoms with Gasteiger partial charge in [0.1, 0.15) is 0 Å². The van der Waals surface area contributed by atoms with Crippen LogP contribution in [0.3, 0.4) is 0 Å². The molecule has 0 atom stereocenters. The van der Waals surface area contributed by atoms with Crippen LogP contribution in [0.2, 0.25) is 0 Å². The Morgan fingerprint density at radius 2 is 2.00 bits per heavy atom. The van der Waals surface area contributed by atoms with E-state index in [4.69, 9.17) is 5.11 Å². The number of aryl methyl sites for hydroxylation is 1. The van der Waals surface area contributed by atoms with Gasteiger partial charge in [-0.25, -0.2) is 4.79 Å². The summed E-state index contributed by atoms with van der Waals surface area (Å²) >= 11 is 0. The van der Waals surface area contributed by atoms with E-state index in [0.29, 0.717) is 5.92 Å². The van der Waals surface area contributed by atoms with E-state index in [2.05, 4.69) is 17.3 Å². The van der Waals surface area contributed by atoms with Crippen molar-refractivity contribution in [3.63, 3.8) is 0 Å². The average Bonchev–Trinajstić information content (AvgIpc) is 2.74. The van der Waals surface area contributed by atoms with Crippen LogP contribution in [0.4, 0.5) is 0 Å². The molecule has 0 unspecified atom stereocenters. The summed E-state index contributed by atoms with van der Waals surface area (Å²) in [4.78, 5) is 23.1. The lowest BCUT2D eigenvalue weighted by Gasteiger charge is -2.26. The summed E-state index contributed by atoms with van der Waals surface area (Å²) in [6, 6.07) is 0.144. The fourth-order valence-electron chi connectivity index (χ4n) is 2.48. The van der Waals surface area contributed by atoms with Crippen molar-refractivity contribution in [3.8, 4) is 0 Å².